The number of pyridine rings is 3. The zero-order chi connectivity index (χ0) is 30.6. The molecule has 0 aliphatic heterocycles. The molecule has 0 spiro atoms. The van der Waals surface area contributed by atoms with Crippen LogP contribution in [0.3, 0.4) is 0 Å². The fourth-order valence-corrected chi connectivity index (χ4v) is 3.74. The Labute approximate surface area is 247 Å². The number of nitriles is 1. The van der Waals surface area contributed by atoms with Crippen LogP contribution in [0.25, 0.3) is 0 Å². The Morgan fingerprint density at radius 1 is 0.732 bits per heavy atom. The van der Waals surface area contributed by atoms with Crippen LogP contribution in [0.4, 0.5) is 11.6 Å². The number of nitrogens with one attached hydrogen (secondary N) is 2. The zero-order valence-electron chi connectivity index (χ0n) is 26.1. The van der Waals surface area contributed by atoms with Gasteiger partial charge in [-0.15, -0.1) is 0 Å². The minimum atomic E-state index is 0.245. The van der Waals surface area contributed by atoms with E-state index in [9.17, 15) is 0 Å². The topological polar surface area (TPSA) is 142 Å². The molecule has 3 rings (SSSR count). The van der Waals surface area contributed by atoms with Crippen molar-refractivity contribution in [2.24, 2.45) is 0 Å². The molecule has 9 nitrogen and oxygen atoms in total. The smallest absolute Gasteiger partial charge is 0.179 e. The highest BCUT2D eigenvalue weighted by atomic mass is 15.1. The summed E-state index contributed by atoms with van der Waals surface area (Å²) in [6.45, 7) is 17.4. The van der Waals surface area contributed by atoms with E-state index in [0.717, 1.165) is 50.2 Å². The van der Waals surface area contributed by atoms with E-state index in [4.69, 9.17) is 16.7 Å². The lowest BCUT2D eigenvalue weighted by Crippen LogP contribution is -2.27. The maximum Gasteiger partial charge on any atom is 0.179 e. The molecule has 224 valence electrons. The van der Waals surface area contributed by atoms with E-state index in [2.05, 4.69) is 71.6 Å². The summed E-state index contributed by atoms with van der Waals surface area (Å²) in [4.78, 5) is 13.8. The minimum absolute atomic E-state index is 0.245. The van der Waals surface area contributed by atoms with Gasteiger partial charge < -0.3 is 27.0 Å². The van der Waals surface area contributed by atoms with Gasteiger partial charge >= 0.3 is 0 Å². The standard InChI is InChI=1S/C11H16N4.C11H18N2.C10H17N3/c1-9(2)15(8-12)6-4-10-3-5-14-11(13)7-10;1-9(2)12-6-4-11-5-7-13-10(3)8-11;1-8(2)12-5-3-9-4-6-13-10(11)7-9/h3,5,7,9H,4,6H2,1-2H3,(H2,13,14);5,7-9,12H,4,6H2,1-3H3;4,6-8,12H,3,5H2,1-2H3,(H2,11,13). The van der Waals surface area contributed by atoms with Crippen molar-refractivity contribution >= 4 is 11.6 Å². The van der Waals surface area contributed by atoms with Crippen molar-refractivity contribution in [3.05, 3.63) is 77.4 Å². The van der Waals surface area contributed by atoms with E-state index in [-0.39, 0.29) is 6.04 Å². The van der Waals surface area contributed by atoms with Crippen molar-refractivity contribution in [1.29, 1.82) is 5.26 Å². The number of anilines is 2. The summed E-state index contributed by atoms with van der Waals surface area (Å²) in [5.74, 6) is 1.13. The van der Waals surface area contributed by atoms with Crippen LogP contribution >= 0.6 is 0 Å². The molecule has 3 aromatic rings. The van der Waals surface area contributed by atoms with Gasteiger partial charge in [-0.05, 0) is 106 Å². The Hall–Kier alpha value is -3.74. The van der Waals surface area contributed by atoms with Gasteiger partial charge in [0.1, 0.15) is 11.6 Å². The Morgan fingerprint density at radius 2 is 1.17 bits per heavy atom. The Bertz CT molecular complexity index is 1100. The van der Waals surface area contributed by atoms with E-state index >= 15 is 0 Å². The lowest BCUT2D eigenvalue weighted by molar-refractivity contribution is 0.329. The highest BCUT2D eigenvalue weighted by Gasteiger charge is 2.06. The van der Waals surface area contributed by atoms with E-state index in [1.54, 1.807) is 17.3 Å². The van der Waals surface area contributed by atoms with E-state index in [1.807, 2.05) is 51.2 Å². The number of hydrogen-bond donors (Lipinski definition) is 4. The second-order valence-corrected chi connectivity index (χ2v) is 10.8. The summed E-state index contributed by atoms with van der Waals surface area (Å²) in [6.07, 6.45) is 10.4. The van der Waals surface area contributed by atoms with Gasteiger partial charge in [0.05, 0.1) is 0 Å². The van der Waals surface area contributed by atoms with E-state index < -0.39 is 0 Å². The third-order valence-electron chi connectivity index (χ3n) is 5.98. The van der Waals surface area contributed by atoms with Gasteiger partial charge in [-0.3, -0.25) is 4.98 Å². The zero-order valence-corrected chi connectivity index (χ0v) is 26.1. The van der Waals surface area contributed by atoms with E-state index in [0.29, 0.717) is 23.7 Å². The predicted octanol–water partition coefficient (Wildman–Crippen LogP) is 4.53. The summed E-state index contributed by atoms with van der Waals surface area (Å²) in [5.41, 5.74) is 15.9. The van der Waals surface area contributed by atoms with Crippen LogP contribution in [0.5, 0.6) is 0 Å². The molecule has 0 radical (unpaired) electrons. The molecule has 0 aromatic carbocycles. The first-order valence-corrected chi connectivity index (χ1v) is 14.5. The van der Waals surface area contributed by atoms with Gasteiger partial charge in [0.15, 0.2) is 6.19 Å². The van der Waals surface area contributed by atoms with Gasteiger partial charge in [-0.2, -0.15) is 5.26 Å². The highest BCUT2D eigenvalue weighted by molar-refractivity contribution is 5.32. The first kappa shape index (κ1) is 35.3. The fourth-order valence-electron chi connectivity index (χ4n) is 3.74. The average molecular weight is 562 g/mol. The SMILES string of the molecule is CC(C)N(C#N)CCc1ccnc(N)c1.CC(C)NCCc1ccnc(N)c1.Cc1cc(CCNC(C)C)ccn1. The monoisotopic (exact) mass is 561 g/mol. The highest BCUT2D eigenvalue weighted by Crippen LogP contribution is 2.06. The lowest BCUT2D eigenvalue weighted by Gasteiger charge is -2.19. The molecule has 9 heteroatoms. The summed E-state index contributed by atoms with van der Waals surface area (Å²) >= 11 is 0. The molecule has 0 amide bonds. The van der Waals surface area contributed by atoms with Crippen molar-refractivity contribution in [1.82, 2.24) is 30.5 Å². The third-order valence-corrected chi connectivity index (χ3v) is 5.98. The quantitative estimate of drug-likeness (QED) is 0.185. The Kier molecular flexibility index (Phi) is 17.4. The van der Waals surface area contributed by atoms with Crippen LogP contribution in [0, 0.1) is 18.4 Å². The second-order valence-electron chi connectivity index (χ2n) is 10.8. The normalized spacial score (nSPS) is 10.5. The van der Waals surface area contributed by atoms with Crippen molar-refractivity contribution in [2.75, 3.05) is 31.1 Å². The molecule has 0 bridgehead atoms. The second kappa shape index (κ2) is 20.2. The number of rotatable bonds is 12. The van der Waals surface area contributed by atoms with Gasteiger partial charge in [0.25, 0.3) is 0 Å². The molecule has 0 saturated carbocycles. The lowest BCUT2D eigenvalue weighted by atomic mass is 10.1. The maximum atomic E-state index is 8.87. The van der Waals surface area contributed by atoms with Crippen LogP contribution in [-0.4, -0.2) is 57.6 Å². The molecule has 41 heavy (non-hydrogen) atoms. The molecule has 0 aliphatic rings. The number of nitrogens with two attached hydrogens (primary N) is 2. The van der Waals surface area contributed by atoms with Crippen molar-refractivity contribution in [3.63, 3.8) is 0 Å². The molecular formula is C32H51N9. The van der Waals surface area contributed by atoms with Crippen LogP contribution in [0.15, 0.2) is 55.0 Å². The third kappa shape index (κ3) is 17.5. The predicted molar refractivity (Wildman–Crippen MR) is 171 cm³/mol. The van der Waals surface area contributed by atoms with Gasteiger partial charge in [0, 0.05) is 49.0 Å². The number of nitrogen functional groups attached to an aromatic ring is 2. The molecule has 0 atom stereocenters. The summed E-state index contributed by atoms with van der Waals surface area (Å²) < 4.78 is 0. The Balaban J connectivity index is 0.000000309. The molecule has 3 heterocycles. The van der Waals surface area contributed by atoms with Crippen LogP contribution in [0.2, 0.25) is 0 Å². The van der Waals surface area contributed by atoms with Crippen molar-refractivity contribution in [2.45, 2.75) is 85.9 Å². The van der Waals surface area contributed by atoms with Gasteiger partial charge in [-0.1, -0.05) is 27.7 Å². The number of nitrogens with zero attached hydrogens (tertiary/aromatic N) is 5. The fraction of sp³-hybridized carbons (Fsp3) is 0.500. The maximum absolute atomic E-state index is 8.87. The van der Waals surface area contributed by atoms with Crippen LogP contribution in [0.1, 0.15) is 63.9 Å². The van der Waals surface area contributed by atoms with Crippen LogP contribution in [-0.2, 0) is 19.3 Å². The number of aryl methyl sites for hydroxylation is 1. The van der Waals surface area contributed by atoms with Crippen LogP contribution < -0.4 is 22.1 Å². The minimum Gasteiger partial charge on any atom is -0.384 e. The summed E-state index contributed by atoms with van der Waals surface area (Å²) in [6, 6.07) is 13.3. The molecular weight excluding hydrogens is 510 g/mol. The summed E-state index contributed by atoms with van der Waals surface area (Å²) in [7, 11) is 0. The average Bonchev–Trinajstić information content (AvgIpc) is 2.89. The largest absolute Gasteiger partial charge is 0.384 e. The first-order chi connectivity index (χ1) is 19.5. The molecule has 0 fully saturated rings. The van der Waals surface area contributed by atoms with Crippen molar-refractivity contribution in [3.8, 4) is 6.19 Å². The number of aromatic nitrogens is 3. The molecule has 6 N–H and O–H groups in total. The van der Waals surface area contributed by atoms with E-state index in [1.165, 1.54) is 11.1 Å². The first-order valence-electron chi connectivity index (χ1n) is 14.5. The Morgan fingerprint density at radius 3 is 1.56 bits per heavy atom. The van der Waals surface area contributed by atoms with Crippen molar-refractivity contribution < 1.29 is 0 Å². The molecule has 0 unspecified atom stereocenters. The number of hydrogen-bond acceptors (Lipinski definition) is 9. The molecule has 0 aliphatic carbocycles. The molecule has 0 saturated heterocycles. The van der Waals surface area contributed by atoms with Gasteiger partial charge in [0.2, 0.25) is 0 Å². The van der Waals surface area contributed by atoms with Gasteiger partial charge in [-0.25, -0.2) is 9.97 Å². The molecule has 3 aromatic heterocycles. The summed E-state index contributed by atoms with van der Waals surface area (Å²) in [5, 5.41) is 15.6.